The van der Waals surface area contributed by atoms with Crippen molar-refractivity contribution in [3.05, 3.63) is 217 Å². The maximum Gasteiger partial charge on any atom is 0.0892 e. The second kappa shape index (κ2) is 12.2. The predicted octanol–water partition coefficient (Wildman–Crippen LogP) is 13.8. The Morgan fingerprint density at radius 1 is 0.446 bits per heavy atom. The summed E-state index contributed by atoms with van der Waals surface area (Å²) in [5.41, 5.74) is 17.2. The fourth-order valence-corrected chi connectivity index (χ4v) is 9.80. The van der Waals surface area contributed by atoms with Crippen molar-refractivity contribution in [3.8, 4) is 33.4 Å². The first-order chi connectivity index (χ1) is 27.8. The average molecular weight is 711 g/mol. The molecule has 56 heavy (non-hydrogen) atoms. The second-order valence-electron chi connectivity index (χ2n) is 15.3. The van der Waals surface area contributed by atoms with Crippen molar-refractivity contribution in [2.24, 2.45) is 5.92 Å². The fraction of sp³-hybridized carbons (Fsp3) is 0.0370. The number of rotatable bonds is 4. The highest BCUT2D eigenvalue weighted by Crippen LogP contribution is 2.56. The van der Waals surface area contributed by atoms with Gasteiger partial charge in [-0.25, -0.2) is 0 Å². The molecule has 2 heteroatoms. The summed E-state index contributed by atoms with van der Waals surface area (Å²) >= 11 is 0. The van der Waals surface area contributed by atoms with E-state index in [1.807, 2.05) is 0 Å². The van der Waals surface area contributed by atoms with Gasteiger partial charge < -0.3 is 0 Å². The zero-order valence-electron chi connectivity index (χ0n) is 30.5. The van der Waals surface area contributed by atoms with E-state index in [0.717, 1.165) is 22.2 Å². The summed E-state index contributed by atoms with van der Waals surface area (Å²) in [5.74, 6) is 0.660. The van der Waals surface area contributed by atoms with Crippen molar-refractivity contribution >= 4 is 54.5 Å². The minimum Gasteiger partial charge on any atom is -0.253 e. The van der Waals surface area contributed by atoms with Crippen LogP contribution < -0.4 is 0 Å². The number of nitrogens with zero attached hydrogens (tertiary/aromatic N) is 2. The Balaban J connectivity index is 1.10. The molecule has 0 N–H and O–H groups in total. The first kappa shape index (κ1) is 31.2. The summed E-state index contributed by atoms with van der Waals surface area (Å²) in [7, 11) is 0. The summed E-state index contributed by atoms with van der Waals surface area (Å²) in [6.07, 6.45) is 15.4. The molecule has 12 rings (SSSR count). The molecule has 2 unspecified atom stereocenters. The lowest BCUT2D eigenvalue weighted by Crippen LogP contribution is -2.14. The van der Waals surface area contributed by atoms with Gasteiger partial charge in [-0.1, -0.05) is 158 Å². The number of hydrogen-bond donors (Lipinski definition) is 0. The summed E-state index contributed by atoms with van der Waals surface area (Å²) < 4.78 is 0. The third-order valence-corrected chi connectivity index (χ3v) is 12.3. The number of allylic oxidation sites excluding steroid dienone is 8. The molecule has 0 fully saturated rings. The summed E-state index contributed by atoms with van der Waals surface area (Å²) in [4.78, 5) is 9.18. The largest absolute Gasteiger partial charge is 0.253 e. The monoisotopic (exact) mass is 710 g/mol. The zero-order chi connectivity index (χ0) is 36.7. The molecule has 8 aromatic carbocycles. The van der Waals surface area contributed by atoms with Crippen LogP contribution in [0.3, 0.4) is 0 Å². The van der Waals surface area contributed by atoms with Crippen LogP contribution in [0.2, 0.25) is 0 Å². The molecule has 9 aromatic rings. The molecular weight excluding hydrogens is 677 g/mol. The van der Waals surface area contributed by atoms with Crippen LogP contribution in [-0.2, 0) is 0 Å². The number of benzene rings is 8. The van der Waals surface area contributed by atoms with Crippen LogP contribution in [0.4, 0.5) is 0 Å². The van der Waals surface area contributed by atoms with Crippen molar-refractivity contribution in [1.82, 2.24) is 9.97 Å². The molecule has 0 aliphatic heterocycles. The number of hydrogen-bond acceptors (Lipinski definition) is 2. The Morgan fingerprint density at radius 3 is 2.00 bits per heavy atom. The minimum atomic E-state index is 0.312. The minimum absolute atomic E-state index is 0.312. The normalized spacial score (nSPS) is 16.8. The third-order valence-electron chi connectivity index (χ3n) is 12.3. The van der Waals surface area contributed by atoms with Gasteiger partial charge in [0.2, 0.25) is 0 Å². The van der Waals surface area contributed by atoms with Gasteiger partial charge in [-0.2, -0.15) is 0 Å². The lowest BCUT2D eigenvalue weighted by atomic mass is 9.73. The van der Waals surface area contributed by atoms with Crippen LogP contribution in [0, 0.1) is 5.92 Å². The van der Waals surface area contributed by atoms with E-state index in [4.69, 9.17) is 0 Å². The Hall–Kier alpha value is -7.16. The molecule has 0 saturated carbocycles. The van der Waals surface area contributed by atoms with Gasteiger partial charge in [-0.05, 0) is 123 Å². The van der Waals surface area contributed by atoms with Gasteiger partial charge in [0.25, 0.3) is 0 Å². The van der Waals surface area contributed by atoms with E-state index in [2.05, 4.69) is 192 Å². The smallest absolute Gasteiger partial charge is 0.0892 e. The van der Waals surface area contributed by atoms with Gasteiger partial charge in [0.05, 0.1) is 11.0 Å². The fourth-order valence-electron chi connectivity index (χ4n) is 9.80. The van der Waals surface area contributed by atoms with Crippen LogP contribution in [-0.4, -0.2) is 9.97 Å². The van der Waals surface area contributed by atoms with Crippen LogP contribution in [0.5, 0.6) is 0 Å². The van der Waals surface area contributed by atoms with E-state index in [0.29, 0.717) is 11.8 Å². The predicted molar refractivity (Wildman–Crippen MR) is 234 cm³/mol. The van der Waals surface area contributed by atoms with Crippen molar-refractivity contribution < 1.29 is 0 Å². The Labute approximate surface area is 325 Å². The maximum absolute atomic E-state index is 4.64. The lowest BCUT2D eigenvalue weighted by molar-refractivity contribution is 0.725. The lowest BCUT2D eigenvalue weighted by Gasteiger charge is -2.30. The van der Waals surface area contributed by atoms with E-state index in [9.17, 15) is 0 Å². The molecule has 3 aliphatic carbocycles. The van der Waals surface area contributed by atoms with Gasteiger partial charge in [-0.15, -0.1) is 0 Å². The van der Waals surface area contributed by atoms with Crippen LogP contribution in [0.25, 0.3) is 87.9 Å². The van der Waals surface area contributed by atoms with Gasteiger partial charge in [0, 0.05) is 24.2 Å². The highest BCUT2D eigenvalue weighted by Gasteiger charge is 2.40. The second-order valence-corrected chi connectivity index (χ2v) is 15.3. The number of fused-ring (bicyclic) bond motifs is 7. The zero-order valence-corrected chi connectivity index (χ0v) is 30.5. The Morgan fingerprint density at radius 2 is 1.11 bits per heavy atom. The summed E-state index contributed by atoms with van der Waals surface area (Å²) in [6.45, 7) is 0. The highest BCUT2D eigenvalue weighted by atomic mass is 14.8. The molecular formula is C54H34N2. The van der Waals surface area contributed by atoms with Crippen LogP contribution >= 0.6 is 0 Å². The van der Waals surface area contributed by atoms with Crippen molar-refractivity contribution in [2.45, 2.75) is 5.92 Å². The molecule has 0 amide bonds. The van der Waals surface area contributed by atoms with Crippen molar-refractivity contribution in [3.63, 3.8) is 0 Å². The topological polar surface area (TPSA) is 25.8 Å². The summed E-state index contributed by atoms with van der Waals surface area (Å²) in [5, 5.41) is 7.53. The highest BCUT2D eigenvalue weighted by molar-refractivity contribution is 6.21. The third kappa shape index (κ3) is 4.69. The molecule has 3 aliphatic rings. The first-order valence-electron chi connectivity index (χ1n) is 19.5. The van der Waals surface area contributed by atoms with E-state index in [1.165, 1.54) is 88.0 Å². The van der Waals surface area contributed by atoms with Crippen molar-refractivity contribution in [2.75, 3.05) is 0 Å². The van der Waals surface area contributed by atoms with Gasteiger partial charge in [0.1, 0.15) is 0 Å². The molecule has 0 radical (unpaired) electrons. The molecule has 2 nitrogen and oxygen atoms in total. The molecule has 0 saturated heterocycles. The van der Waals surface area contributed by atoms with Crippen molar-refractivity contribution in [1.29, 1.82) is 0 Å². The van der Waals surface area contributed by atoms with Gasteiger partial charge >= 0.3 is 0 Å². The molecule has 0 bridgehead atoms. The van der Waals surface area contributed by atoms with E-state index < -0.39 is 0 Å². The molecule has 2 atom stereocenters. The maximum atomic E-state index is 4.64. The molecule has 260 valence electrons. The Kier molecular flexibility index (Phi) is 6.79. The molecule has 1 aromatic heterocycles. The van der Waals surface area contributed by atoms with E-state index in [1.54, 1.807) is 12.4 Å². The van der Waals surface area contributed by atoms with E-state index in [-0.39, 0.29) is 0 Å². The Bertz CT molecular complexity index is 3250. The van der Waals surface area contributed by atoms with E-state index >= 15 is 0 Å². The molecule has 0 spiro atoms. The molecule has 1 heterocycles. The SMILES string of the molecule is C1=CC2=C(c3c4ccccc4c(-c4ccc(-c5ccc6ccccc6c5)cc4)c4cc(-c5ccc6nccnc6c5)ccc34)C=CC3c4ccccc4C(=C1)C23. The first-order valence-corrected chi connectivity index (χ1v) is 19.5. The van der Waals surface area contributed by atoms with Gasteiger partial charge in [-0.3, -0.25) is 9.97 Å². The average Bonchev–Trinajstić information content (AvgIpc) is 3.60. The quantitative estimate of drug-likeness (QED) is 0.170. The number of aromatic nitrogens is 2. The van der Waals surface area contributed by atoms with Gasteiger partial charge in [0.15, 0.2) is 0 Å². The summed E-state index contributed by atoms with van der Waals surface area (Å²) in [6, 6.07) is 56.0. The standard InChI is InChI=1S/C54H34N2/c1-2-9-36-30-37(21-18-33(36)8-1)34-16-19-35(20-17-34)52-43-12-5-6-13-44(43)54(47-26-25-46-41-11-4-3-10-40(41)42-14-7-15-45(47)53(42)46)48-24-22-38(31-49(48)52)39-23-27-50-51(32-39)56-29-28-55-50/h1-32,46,53H. The van der Waals surface area contributed by atoms with Crippen LogP contribution in [0.15, 0.2) is 200 Å². The van der Waals surface area contributed by atoms with Crippen LogP contribution in [0.1, 0.15) is 22.6 Å².